The summed E-state index contributed by atoms with van der Waals surface area (Å²) in [6.45, 7) is 3.88. The molecule has 1 N–H and O–H groups in total. The number of hydrogen-bond donors (Lipinski definition) is 1. The second-order valence-corrected chi connectivity index (χ2v) is 8.27. The van der Waals surface area contributed by atoms with E-state index in [-0.39, 0.29) is 24.7 Å². The quantitative estimate of drug-likeness (QED) is 0.346. The molecule has 0 bridgehead atoms. The summed E-state index contributed by atoms with van der Waals surface area (Å²) in [5.74, 6) is -2.67. The number of Topliss-reactive ketones (excluding diaryl/α,β-unsaturated/α-hetero) is 1. The lowest BCUT2D eigenvalue weighted by Gasteiger charge is -2.38. The van der Waals surface area contributed by atoms with Gasteiger partial charge in [-0.25, -0.2) is 4.79 Å². The summed E-state index contributed by atoms with van der Waals surface area (Å²) in [7, 11) is 5.81. The molecule has 0 saturated heterocycles. The van der Waals surface area contributed by atoms with Crippen LogP contribution in [-0.4, -0.2) is 59.4 Å². The molecule has 2 aliphatic rings. The van der Waals surface area contributed by atoms with E-state index in [4.69, 9.17) is 23.7 Å². The third kappa shape index (κ3) is 4.65. The molecule has 0 spiro atoms. The molecule has 9 nitrogen and oxygen atoms in total. The second kappa shape index (κ2) is 10.7. The van der Waals surface area contributed by atoms with Crippen LogP contribution in [0.2, 0.25) is 0 Å². The SMILES string of the molecule is COCCOC(=O)C1=C(C)NC2=C(C(=O)[C@H](C(=O)OC)[C@H](C)C2)[C@@H]1c1cc(OC)ccc1OC. The highest BCUT2D eigenvalue weighted by molar-refractivity contribution is 6.12. The van der Waals surface area contributed by atoms with Gasteiger partial charge in [-0.3, -0.25) is 9.59 Å². The zero-order valence-electron chi connectivity index (χ0n) is 20.4. The number of carbonyl (C=O) groups excluding carboxylic acids is 3. The fraction of sp³-hybridized carbons (Fsp3) is 0.480. The lowest BCUT2D eigenvalue weighted by Crippen LogP contribution is -2.43. The molecule has 0 amide bonds. The smallest absolute Gasteiger partial charge is 0.336 e. The Morgan fingerprint density at radius 3 is 2.44 bits per heavy atom. The van der Waals surface area contributed by atoms with E-state index < -0.39 is 29.6 Å². The number of carbonyl (C=O) groups is 3. The highest BCUT2D eigenvalue weighted by Crippen LogP contribution is 2.48. The molecule has 184 valence electrons. The summed E-state index contributed by atoms with van der Waals surface area (Å²) in [5.41, 5.74) is 2.36. The highest BCUT2D eigenvalue weighted by Gasteiger charge is 2.48. The van der Waals surface area contributed by atoms with Crippen LogP contribution in [0.3, 0.4) is 0 Å². The lowest BCUT2D eigenvalue weighted by molar-refractivity contribution is -0.151. The first kappa shape index (κ1) is 25.3. The van der Waals surface area contributed by atoms with Gasteiger partial charge in [0.15, 0.2) is 5.78 Å². The predicted octanol–water partition coefficient (Wildman–Crippen LogP) is 2.51. The molecule has 1 aliphatic heterocycles. The Kier molecular flexibility index (Phi) is 7.98. The molecule has 34 heavy (non-hydrogen) atoms. The molecule has 1 heterocycles. The molecule has 0 aromatic heterocycles. The minimum Gasteiger partial charge on any atom is -0.497 e. The van der Waals surface area contributed by atoms with Crippen molar-refractivity contribution < 1.29 is 38.1 Å². The summed E-state index contributed by atoms with van der Waals surface area (Å²) in [6, 6.07) is 5.18. The predicted molar refractivity (Wildman–Crippen MR) is 122 cm³/mol. The van der Waals surface area contributed by atoms with Crippen molar-refractivity contribution in [3.63, 3.8) is 0 Å². The molecule has 9 heteroatoms. The number of ether oxygens (including phenoxy) is 5. The van der Waals surface area contributed by atoms with Crippen LogP contribution in [0.4, 0.5) is 0 Å². The number of rotatable bonds is 8. The molecular weight excluding hydrogens is 442 g/mol. The standard InChI is InChI=1S/C25H31NO8/c1-13-11-17-22(23(27)19(13)24(28)33-6)21(16-12-15(31-4)7-8-18(16)32-5)20(14(2)26-17)25(29)34-10-9-30-3/h7-8,12-13,19,21,26H,9-11H2,1-6H3/t13-,19-,21-/m1/s1. The topological polar surface area (TPSA) is 109 Å². The molecular formula is C25H31NO8. The minimum atomic E-state index is -0.978. The number of benzene rings is 1. The summed E-state index contributed by atoms with van der Waals surface area (Å²) in [6.07, 6.45) is 0.437. The van der Waals surface area contributed by atoms with Gasteiger partial charge in [-0.1, -0.05) is 6.92 Å². The normalized spacial score (nSPS) is 22.1. The molecule has 3 rings (SSSR count). The van der Waals surface area contributed by atoms with E-state index in [0.717, 1.165) is 0 Å². The summed E-state index contributed by atoms with van der Waals surface area (Å²) in [5, 5.41) is 3.23. The van der Waals surface area contributed by atoms with E-state index in [9.17, 15) is 14.4 Å². The zero-order valence-corrected chi connectivity index (χ0v) is 20.4. The van der Waals surface area contributed by atoms with Crippen molar-refractivity contribution in [2.24, 2.45) is 11.8 Å². The van der Waals surface area contributed by atoms with E-state index in [0.29, 0.717) is 40.5 Å². The van der Waals surface area contributed by atoms with Crippen molar-refractivity contribution in [2.45, 2.75) is 26.2 Å². The average molecular weight is 474 g/mol. The number of ketones is 1. The molecule has 0 fully saturated rings. The maximum atomic E-state index is 13.8. The average Bonchev–Trinajstić information content (AvgIpc) is 2.82. The first-order chi connectivity index (χ1) is 16.3. The van der Waals surface area contributed by atoms with Crippen LogP contribution < -0.4 is 14.8 Å². The van der Waals surface area contributed by atoms with Crippen LogP contribution in [0.1, 0.15) is 31.7 Å². The number of methoxy groups -OCH3 is 4. The van der Waals surface area contributed by atoms with Crippen LogP contribution in [0.25, 0.3) is 0 Å². The largest absolute Gasteiger partial charge is 0.497 e. The van der Waals surface area contributed by atoms with Crippen molar-refractivity contribution in [2.75, 3.05) is 41.7 Å². The number of nitrogens with one attached hydrogen (secondary N) is 1. The number of esters is 2. The lowest BCUT2D eigenvalue weighted by atomic mass is 9.69. The Labute approximate surface area is 199 Å². The number of hydrogen-bond acceptors (Lipinski definition) is 9. The van der Waals surface area contributed by atoms with Crippen molar-refractivity contribution in [1.82, 2.24) is 5.32 Å². The molecule has 1 aliphatic carbocycles. The second-order valence-electron chi connectivity index (χ2n) is 8.27. The van der Waals surface area contributed by atoms with E-state index in [1.165, 1.54) is 28.4 Å². The molecule has 1 aromatic rings. The van der Waals surface area contributed by atoms with Gasteiger partial charge in [0.1, 0.15) is 24.0 Å². The Morgan fingerprint density at radius 2 is 1.82 bits per heavy atom. The van der Waals surface area contributed by atoms with Gasteiger partial charge in [-0.2, -0.15) is 0 Å². The maximum absolute atomic E-state index is 13.8. The van der Waals surface area contributed by atoms with Gasteiger partial charge in [0.2, 0.25) is 0 Å². The van der Waals surface area contributed by atoms with Gasteiger partial charge in [-0.05, 0) is 37.5 Å². The van der Waals surface area contributed by atoms with Crippen LogP contribution >= 0.6 is 0 Å². The van der Waals surface area contributed by atoms with Crippen LogP contribution in [0.5, 0.6) is 11.5 Å². The zero-order chi connectivity index (χ0) is 25.0. The van der Waals surface area contributed by atoms with Crippen molar-refractivity contribution >= 4 is 17.7 Å². The van der Waals surface area contributed by atoms with Crippen molar-refractivity contribution in [1.29, 1.82) is 0 Å². The van der Waals surface area contributed by atoms with Crippen LogP contribution in [0.15, 0.2) is 40.7 Å². The monoisotopic (exact) mass is 473 g/mol. The van der Waals surface area contributed by atoms with E-state index >= 15 is 0 Å². The minimum absolute atomic E-state index is 0.0513. The first-order valence-electron chi connectivity index (χ1n) is 11.0. The fourth-order valence-corrected chi connectivity index (χ4v) is 4.62. The van der Waals surface area contributed by atoms with E-state index in [2.05, 4.69) is 5.32 Å². The van der Waals surface area contributed by atoms with Crippen LogP contribution in [0, 0.1) is 11.8 Å². The van der Waals surface area contributed by atoms with Gasteiger partial charge in [-0.15, -0.1) is 0 Å². The number of dihydropyridines is 1. The molecule has 0 radical (unpaired) electrons. The Morgan fingerprint density at radius 1 is 1.09 bits per heavy atom. The summed E-state index contributed by atoms with van der Waals surface area (Å²) in [4.78, 5) is 39.6. The van der Waals surface area contributed by atoms with Gasteiger partial charge in [0.05, 0.1) is 39.4 Å². The fourth-order valence-electron chi connectivity index (χ4n) is 4.62. The Hall–Kier alpha value is -3.33. The van der Waals surface area contributed by atoms with Crippen LogP contribution in [-0.2, 0) is 28.6 Å². The van der Waals surface area contributed by atoms with E-state index in [1.807, 2.05) is 6.92 Å². The molecule has 1 aromatic carbocycles. The van der Waals surface area contributed by atoms with Gasteiger partial charge in [0, 0.05) is 29.6 Å². The number of allylic oxidation sites excluding steroid dienone is 3. The highest BCUT2D eigenvalue weighted by atomic mass is 16.6. The Bertz CT molecular complexity index is 1040. The van der Waals surface area contributed by atoms with Crippen molar-refractivity contribution in [3.8, 4) is 11.5 Å². The van der Waals surface area contributed by atoms with Gasteiger partial charge >= 0.3 is 11.9 Å². The first-order valence-corrected chi connectivity index (χ1v) is 11.0. The maximum Gasteiger partial charge on any atom is 0.336 e. The molecule has 3 atom stereocenters. The summed E-state index contributed by atoms with van der Waals surface area (Å²) >= 11 is 0. The molecule has 0 saturated carbocycles. The van der Waals surface area contributed by atoms with Crippen molar-refractivity contribution in [3.05, 3.63) is 46.3 Å². The van der Waals surface area contributed by atoms with Gasteiger partial charge < -0.3 is 29.0 Å². The summed E-state index contributed by atoms with van der Waals surface area (Å²) < 4.78 is 26.4. The van der Waals surface area contributed by atoms with E-state index in [1.54, 1.807) is 25.1 Å². The third-order valence-corrected chi connectivity index (χ3v) is 6.23. The van der Waals surface area contributed by atoms with Gasteiger partial charge in [0.25, 0.3) is 0 Å². The third-order valence-electron chi connectivity index (χ3n) is 6.23. The molecule has 0 unspecified atom stereocenters. The Balaban J connectivity index is 2.22.